The Hall–Kier alpha value is -1.90. The first-order valence-electron chi connectivity index (χ1n) is 7.41. The lowest BCUT2D eigenvalue weighted by molar-refractivity contribution is 0.238. The topological polar surface area (TPSA) is 72.3 Å². The van der Waals surface area contributed by atoms with E-state index < -0.39 is 0 Å². The number of halogens is 2. The fourth-order valence-electron chi connectivity index (χ4n) is 2.22. The highest BCUT2D eigenvalue weighted by molar-refractivity contribution is 7.99. The van der Waals surface area contributed by atoms with Gasteiger partial charge < -0.3 is 10.1 Å². The van der Waals surface area contributed by atoms with E-state index >= 15 is 0 Å². The average Bonchev–Trinajstić information content (AvgIpc) is 3.02. The Balaban J connectivity index is 1.78. The van der Waals surface area contributed by atoms with Crippen LogP contribution in [0.5, 0.6) is 5.75 Å². The molecule has 25 heavy (non-hydrogen) atoms. The summed E-state index contributed by atoms with van der Waals surface area (Å²) < 4.78 is 7.38. The number of ether oxygens (including phenoxy) is 1. The van der Waals surface area contributed by atoms with Crippen LogP contribution >= 0.6 is 35.0 Å². The van der Waals surface area contributed by atoms with Gasteiger partial charge in [-0.1, -0.05) is 41.0 Å². The SMILES string of the molecule is C=CCNC(=O)N1CCSc2nnc(COc3ccc(Cl)cc3Cl)n21. The van der Waals surface area contributed by atoms with Crippen LogP contribution in [-0.4, -0.2) is 39.7 Å². The van der Waals surface area contributed by atoms with Crippen LogP contribution in [0.25, 0.3) is 0 Å². The molecular formula is C15H15Cl2N5O2S. The molecule has 0 saturated heterocycles. The van der Waals surface area contributed by atoms with E-state index in [1.165, 1.54) is 11.8 Å². The number of fused-ring (bicyclic) bond motifs is 1. The van der Waals surface area contributed by atoms with E-state index in [0.717, 1.165) is 5.75 Å². The third kappa shape index (κ3) is 4.02. The van der Waals surface area contributed by atoms with E-state index in [1.54, 1.807) is 34.0 Å². The van der Waals surface area contributed by atoms with Crippen molar-refractivity contribution in [1.29, 1.82) is 0 Å². The minimum atomic E-state index is -0.243. The lowest BCUT2D eigenvalue weighted by Gasteiger charge is -2.29. The van der Waals surface area contributed by atoms with Crippen LogP contribution in [0.4, 0.5) is 4.79 Å². The maximum Gasteiger partial charge on any atom is 0.336 e. The first kappa shape index (κ1) is 17.9. The lowest BCUT2D eigenvalue weighted by Crippen LogP contribution is -2.50. The van der Waals surface area contributed by atoms with E-state index in [2.05, 4.69) is 22.1 Å². The molecule has 132 valence electrons. The van der Waals surface area contributed by atoms with Gasteiger partial charge in [-0.15, -0.1) is 16.8 Å². The van der Waals surface area contributed by atoms with Gasteiger partial charge in [0.1, 0.15) is 12.4 Å². The van der Waals surface area contributed by atoms with Crippen LogP contribution in [0.3, 0.4) is 0 Å². The normalized spacial score (nSPS) is 13.3. The number of carbonyl (C=O) groups is 1. The summed E-state index contributed by atoms with van der Waals surface area (Å²) in [6.07, 6.45) is 1.62. The number of carbonyl (C=O) groups excluding carboxylic acids is 1. The van der Waals surface area contributed by atoms with Crippen molar-refractivity contribution >= 4 is 41.0 Å². The summed E-state index contributed by atoms with van der Waals surface area (Å²) in [6.45, 7) is 4.62. The molecule has 1 aromatic heterocycles. The Labute approximate surface area is 158 Å². The highest BCUT2D eigenvalue weighted by Crippen LogP contribution is 2.29. The molecule has 0 unspecified atom stereocenters. The van der Waals surface area contributed by atoms with E-state index in [4.69, 9.17) is 27.9 Å². The summed E-state index contributed by atoms with van der Waals surface area (Å²) in [5, 5.41) is 14.1. The number of benzene rings is 1. The minimum absolute atomic E-state index is 0.111. The van der Waals surface area contributed by atoms with Gasteiger partial charge in [0.15, 0.2) is 5.82 Å². The van der Waals surface area contributed by atoms with Gasteiger partial charge in [0.2, 0.25) is 5.16 Å². The van der Waals surface area contributed by atoms with E-state index in [1.807, 2.05) is 0 Å². The molecular weight excluding hydrogens is 385 g/mol. The third-order valence-corrected chi connectivity index (χ3v) is 4.77. The van der Waals surface area contributed by atoms with Gasteiger partial charge in [-0.3, -0.25) is 0 Å². The number of thioether (sulfide) groups is 1. The number of nitrogens with zero attached hydrogens (tertiary/aromatic N) is 4. The largest absolute Gasteiger partial charge is 0.484 e. The molecule has 7 nitrogen and oxygen atoms in total. The number of amides is 2. The van der Waals surface area contributed by atoms with Crippen molar-refractivity contribution in [3.8, 4) is 5.75 Å². The summed E-state index contributed by atoms with van der Waals surface area (Å²) in [6, 6.07) is 4.73. The summed E-state index contributed by atoms with van der Waals surface area (Å²) >= 11 is 13.5. The van der Waals surface area contributed by atoms with Crippen LogP contribution in [0.15, 0.2) is 36.0 Å². The quantitative estimate of drug-likeness (QED) is 0.781. The molecule has 0 atom stereocenters. The summed E-state index contributed by atoms with van der Waals surface area (Å²) in [5.41, 5.74) is 0. The van der Waals surface area contributed by atoms with Gasteiger partial charge in [0.05, 0.1) is 11.6 Å². The molecule has 0 spiro atoms. The highest BCUT2D eigenvalue weighted by Gasteiger charge is 2.27. The predicted octanol–water partition coefficient (Wildman–Crippen LogP) is 3.10. The molecule has 1 aliphatic heterocycles. The number of hydrogen-bond donors (Lipinski definition) is 1. The van der Waals surface area contributed by atoms with Crippen molar-refractivity contribution in [2.24, 2.45) is 0 Å². The maximum absolute atomic E-state index is 12.3. The Morgan fingerprint density at radius 1 is 1.44 bits per heavy atom. The Morgan fingerprint density at radius 3 is 3.04 bits per heavy atom. The lowest BCUT2D eigenvalue weighted by atomic mass is 10.3. The van der Waals surface area contributed by atoms with E-state index in [-0.39, 0.29) is 12.6 Å². The van der Waals surface area contributed by atoms with Gasteiger partial charge >= 0.3 is 6.03 Å². The van der Waals surface area contributed by atoms with E-state index in [0.29, 0.717) is 39.9 Å². The number of aromatic nitrogens is 3. The molecule has 3 rings (SSSR count). The van der Waals surface area contributed by atoms with Crippen LogP contribution < -0.4 is 15.1 Å². The molecule has 0 aliphatic carbocycles. The van der Waals surface area contributed by atoms with Crippen molar-refractivity contribution in [2.45, 2.75) is 11.8 Å². The monoisotopic (exact) mass is 399 g/mol. The number of urea groups is 1. The van der Waals surface area contributed by atoms with Crippen molar-refractivity contribution in [1.82, 2.24) is 20.2 Å². The summed E-state index contributed by atoms with van der Waals surface area (Å²) in [4.78, 5) is 12.3. The molecule has 1 N–H and O–H groups in total. The molecule has 0 bridgehead atoms. The Morgan fingerprint density at radius 2 is 2.28 bits per heavy atom. The second kappa shape index (κ2) is 7.99. The minimum Gasteiger partial charge on any atom is -0.484 e. The number of nitrogens with one attached hydrogen (secondary N) is 1. The third-order valence-electron chi connectivity index (χ3n) is 3.34. The Kier molecular flexibility index (Phi) is 5.72. The molecule has 2 heterocycles. The molecule has 1 aromatic carbocycles. The van der Waals surface area contributed by atoms with Crippen LogP contribution in [0.1, 0.15) is 5.82 Å². The van der Waals surface area contributed by atoms with Crippen molar-refractivity contribution < 1.29 is 9.53 Å². The van der Waals surface area contributed by atoms with Crippen molar-refractivity contribution in [2.75, 3.05) is 23.9 Å². The molecule has 0 saturated carbocycles. The van der Waals surface area contributed by atoms with Gasteiger partial charge in [-0.2, -0.15) is 0 Å². The smallest absolute Gasteiger partial charge is 0.336 e. The van der Waals surface area contributed by atoms with Gasteiger partial charge in [0.25, 0.3) is 0 Å². The first-order chi connectivity index (χ1) is 12.1. The molecule has 0 fully saturated rings. The summed E-state index contributed by atoms with van der Waals surface area (Å²) in [7, 11) is 0. The van der Waals surface area contributed by atoms with Crippen LogP contribution in [-0.2, 0) is 6.61 Å². The second-order valence-corrected chi connectivity index (χ2v) is 6.93. The fraction of sp³-hybridized carbons (Fsp3) is 0.267. The molecule has 2 amide bonds. The second-order valence-electron chi connectivity index (χ2n) is 5.02. The van der Waals surface area contributed by atoms with Crippen molar-refractivity contribution in [3.63, 3.8) is 0 Å². The highest BCUT2D eigenvalue weighted by atomic mass is 35.5. The molecule has 10 heteroatoms. The van der Waals surface area contributed by atoms with Gasteiger partial charge in [-0.25, -0.2) is 14.5 Å². The maximum atomic E-state index is 12.3. The zero-order chi connectivity index (χ0) is 17.8. The zero-order valence-corrected chi connectivity index (χ0v) is 15.4. The van der Waals surface area contributed by atoms with E-state index in [9.17, 15) is 4.79 Å². The van der Waals surface area contributed by atoms with Crippen molar-refractivity contribution in [3.05, 3.63) is 46.7 Å². The first-order valence-corrected chi connectivity index (χ1v) is 9.16. The standard InChI is InChI=1S/C15H15Cl2N5O2S/c1-2-5-18-14(23)21-6-7-25-15-20-19-13(22(15)21)9-24-12-4-3-10(16)8-11(12)17/h2-4,8H,1,5-7,9H2,(H,18,23). The molecule has 1 aliphatic rings. The van der Waals surface area contributed by atoms with Gasteiger partial charge in [-0.05, 0) is 18.2 Å². The fourth-order valence-corrected chi connectivity index (χ4v) is 3.55. The van der Waals surface area contributed by atoms with Gasteiger partial charge in [0, 0.05) is 17.3 Å². The molecule has 0 radical (unpaired) electrons. The summed E-state index contributed by atoms with van der Waals surface area (Å²) in [5.74, 6) is 1.72. The predicted molar refractivity (Wildman–Crippen MR) is 98.2 cm³/mol. The van der Waals surface area contributed by atoms with Crippen LogP contribution in [0, 0.1) is 0 Å². The average molecular weight is 400 g/mol. The zero-order valence-electron chi connectivity index (χ0n) is 13.1. The Bertz CT molecular complexity index is 798. The molecule has 2 aromatic rings. The van der Waals surface area contributed by atoms with Crippen LogP contribution in [0.2, 0.25) is 10.0 Å². The number of rotatable bonds is 5. The number of hydrogen-bond acceptors (Lipinski definition) is 5.